The predicted octanol–water partition coefficient (Wildman–Crippen LogP) is 3.46. The lowest BCUT2D eigenvalue weighted by Crippen LogP contribution is -2.29. The number of hydrogen-bond donors (Lipinski definition) is 1. The van der Waals surface area contributed by atoms with Crippen molar-refractivity contribution in [3.63, 3.8) is 0 Å². The van der Waals surface area contributed by atoms with E-state index in [9.17, 15) is 14.4 Å². The zero-order valence-electron chi connectivity index (χ0n) is 17.1. The lowest BCUT2D eigenvalue weighted by molar-refractivity contribution is -0.149. The van der Waals surface area contributed by atoms with Gasteiger partial charge in [0.25, 0.3) is 5.91 Å². The Balaban J connectivity index is 1.57. The Labute approximate surface area is 180 Å². The van der Waals surface area contributed by atoms with Crippen molar-refractivity contribution in [1.29, 1.82) is 0 Å². The highest BCUT2D eigenvalue weighted by Gasteiger charge is 2.24. The van der Waals surface area contributed by atoms with E-state index in [1.165, 1.54) is 7.11 Å². The van der Waals surface area contributed by atoms with E-state index in [1.807, 2.05) is 60.7 Å². The number of rotatable bonds is 8. The highest BCUT2D eigenvalue weighted by atomic mass is 16.5. The van der Waals surface area contributed by atoms with E-state index in [0.29, 0.717) is 5.56 Å². The fraction of sp³-hybridized carbons (Fsp3) is 0.160. The summed E-state index contributed by atoms with van der Waals surface area (Å²) in [6.07, 6.45) is 0. The Hall–Kier alpha value is -3.93. The second kappa shape index (κ2) is 10.7. The zero-order valence-corrected chi connectivity index (χ0v) is 17.1. The fourth-order valence-corrected chi connectivity index (χ4v) is 3.10. The van der Waals surface area contributed by atoms with Crippen LogP contribution in [0.2, 0.25) is 0 Å². The van der Waals surface area contributed by atoms with Crippen molar-refractivity contribution in [3.05, 3.63) is 107 Å². The molecule has 3 aromatic carbocycles. The maximum absolute atomic E-state index is 12.8. The summed E-state index contributed by atoms with van der Waals surface area (Å²) in [5.74, 6) is -1.94. The summed E-state index contributed by atoms with van der Waals surface area (Å²) >= 11 is 0. The van der Waals surface area contributed by atoms with Crippen LogP contribution >= 0.6 is 0 Å². The number of amides is 1. The van der Waals surface area contributed by atoms with Gasteiger partial charge in [-0.2, -0.15) is 0 Å². The van der Waals surface area contributed by atoms with E-state index < -0.39 is 23.8 Å². The first-order valence-electron chi connectivity index (χ1n) is 9.79. The molecule has 31 heavy (non-hydrogen) atoms. The molecule has 0 aliphatic carbocycles. The standard InChI is InChI=1S/C25H23NO5/c1-30-24(28)21-14-12-18(13-15-21)16-26-22(27)17-31-25(29)23(19-8-4-2-5-9-19)20-10-6-3-7-11-20/h2-15,23H,16-17H2,1H3,(H,26,27). The molecular weight excluding hydrogens is 394 g/mol. The van der Waals surface area contributed by atoms with Gasteiger partial charge in [0.15, 0.2) is 6.61 Å². The molecule has 0 fully saturated rings. The summed E-state index contributed by atoms with van der Waals surface area (Å²) in [6.45, 7) is -0.131. The molecule has 0 atom stereocenters. The van der Waals surface area contributed by atoms with Crippen LogP contribution in [0.15, 0.2) is 84.9 Å². The third-order valence-corrected chi connectivity index (χ3v) is 4.71. The largest absolute Gasteiger partial charge is 0.465 e. The van der Waals surface area contributed by atoms with Crippen LogP contribution in [0.4, 0.5) is 0 Å². The molecule has 0 bridgehead atoms. The average Bonchev–Trinajstić information content (AvgIpc) is 2.83. The molecule has 0 aliphatic heterocycles. The van der Waals surface area contributed by atoms with Gasteiger partial charge in [0.1, 0.15) is 5.92 Å². The first-order chi connectivity index (χ1) is 15.1. The van der Waals surface area contributed by atoms with Crippen molar-refractivity contribution in [2.24, 2.45) is 0 Å². The normalized spacial score (nSPS) is 10.4. The molecule has 1 amide bonds. The predicted molar refractivity (Wildman–Crippen MR) is 115 cm³/mol. The molecule has 0 aliphatic rings. The van der Waals surface area contributed by atoms with Crippen molar-refractivity contribution >= 4 is 17.8 Å². The van der Waals surface area contributed by atoms with Crippen LogP contribution < -0.4 is 5.32 Å². The van der Waals surface area contributed by atoms with Crippen molar-refractivity contribution in [2.45, 2.75) is 12.5 Å². The number of hydrogen-bond acceptors (Lipinski definition) is 5. The van der Waals surface area contributed by atoms with Crippen LogP contribution in [0.5, 0.6) is 0 Å². The highest BCUT2D eigenvalue weighted by molar-refractivity contribution is 5.89. The second-order valence-corrected chi connectivity index (χ2v) is 6.83. The molecule has 3 aromatic rings. The first-order valence-corrected chi connectivity index (χ1v) is 9.79. The van der Waals surface area contributed by atoms with Gasteiger partial charge in [-0.25, -0.2) is 4.79 Å². The van der Waals surface area contributed by atoms with E-state index in [-0.39, 0.29) is 13.2 Å². The van der Waals surface area contributed by atoms with Gasteiger partial charge in [-0.15, -0.1) is 0 Å². The van der Waals surface area contributed by atoms with Gasteiger partial charge < -0.3 is 14.8 Å². The van der Waals surface area contributed by atoms with Gasteiger partial charge in [-0.3, -0.25) is 9.59 Å². The van der Waals surface area contributed by atoms with Crippen LogP contribution in [0.1, 0.15) is 33.0 Å². The van der Waals surface area contributed by atoms with Gasteiger partial charge in [-0.05, 0) is 28.8 Å². The van der Waals surface area contributed by atoms with E-state index in [1.54, 1.807) is 24.3 Å². The summed E-state index contributed by atoms with van der Waals surface area (Å²) in [6, 6.07) is 25.3. The Morgan fingerprint density at radius 3 is 1.87 bits per heavy atom. The van der Waals surface area contributed by atoms with Crippen LogP contribution in [0.25, 0.3) is 0 Å². The zero-order chi connectivity index (χ0) is 22.1. The van der Waals surface area contributed by atoms with Gasteiger partial charge in [-0.1, -0.05) is 72.8 Å². The minimum Gasteiger partial charge on any atom is -0.465 e. The topological polar surface area (TPSA) is 81.7 Å². The molecule has 158 valence electrons. The van der Waals surface area contributed by atoms with E-state index in [4.69, 9.17) is 4.74 Å². The van der Waals surface area contributed by atoms with Crippen molar-refractivity contribution < 1.29 is 23.9 Å². The smallest absolute Gasteiger partial charge is 0.337 e. The van der Waals surface area contributed by atoms with Crippen LogP contribution in [-0.2, 0) is 25.6 Å². The molecule has 6 nitrogen and oxygen atoms in total. The molecule has 0 spiro atoms. The molecule has 0 saturated carbocycles. The summed E-state index contributed by atoms with van der Waals surface area (Å²) in [5.41, 5.74) is 2.83. The lowest BCUT2D eigenvalue weighted by Gasteiger charge is -2.17. The molecule has 0 unspecified atom stereocenters. The molecular formula is C25H23NO5. The molecule has 0 radical (unpaired) electrons. The molecule has 1 N–H and O–H groups in total. The summed E-state index contributed by atoms with van der Waals surface area (Å²) in [4.78, 5) is 36.4. The van der Waals surface area contributed by atoms with Gasteiger partial charge in [0.2, 0.25) is 0 Å². The Morgan fingerprint density at radius 1 is 0.806 bits per heavy atom. The molecule has 0 aromatic heterocycles. The number of esters is 2. The summed E-state index contributed by atoms with van der Waals surface area (Å²) < 4.78 is 9.97. The number of carbonyl (C=O) groups is 3. The monoisotopic (exact) mass is 417 g/mol. The van der Waals surface area contributed by atoms with Crippen molar-refractivity contribution in [2.75, 3.05) is 13.7 Å². The SMILES string of the molecule is COC(=O)c1ccc(CNC(=O)COC(=O)C(c2ccccc2)c2ccccc2)cc1. The van der Waals surface area contributed by atoms with E-state index in [2.05, 4.69) is 10.1 Å². The van der Waals surface area contributed by atoms with Gasteiger partial charge >= 0.3 is 11.9 Å². The summed E-state index contributed by atoms with van der Waals surface area (Å²) in [5, 5.41) is 2.70. The number of ether oxygens (including phenoxy) is 2. The van der Waals surface area contributed by atoms with Gasteiger partial charge in [0.05, 0.1) is 12.7 Å². The fourth-order valence-electron chi connectivity index (χ4n) is 3.10. The molecule has 0 saturated heterocycles. The Morgan fingerprint density at radius 2 is 1.35 bits per heavy atom. The van der Waals surface area contributed by atoms with E-state index in [0.717, 1.165) is 16.7 Å². The highest BCUT2D eigenvalue weighted by Crippen LogP contribution is 2.25. The average molecular weight is 417 g/mol. The van der Waals surface area contributed by atoms with Crippen molar-refractivity contribution in [1.82, 2.24) is 5.32 Å². The maximum Gasteiger partial charge on any atom is 0.337 e. The summed E-state index contributed by atoms with van der Waals surface area (Å²) in [7, 11) is 1.32. The van der Waals surface area contributed by atoms with E-state index >= 15 is 0 Å². The quantitative estimate of drug-likeness (QED) is 0.568. The number of nitrogens with one attached hydrogen (secondary N) is 1. The molecule has 6 heteroatoms. The molecule has 0 heterocycles. The number of methoxy groups -OCH3 is 1. The lowest BCUT2D eigenvalue weighted by atomic mass is 9.91. The number of benzene rings is 3. The van der Waals surface area contributed by atoms with Crippen LogP contribution in [-0.4, -0.2) is 31.6 Å². The Kier molecular flexibility index (Phi) is 7.54. The number of carbonyl (C=O) groups excluding carboxylic acids is 3. The minimum absolute atomic E-state index is 0.249. The van der Waals surface area contributed by atoms with Crippen molar-refractivity contribution in [3.8, 4) is 0 Å². The van der Waals surface area contributed by atoms with Gasteiger partial charge in [0, 0.05) is 6.54 Å². The van der Waals surface area contributed by atoms with Crippen LogP contribution in [0, 0.1) is 0 Å². The third kappa shape index (κ3) is 6.02. The maximum atomic E-state index is 12.8. The second-order valence-electron chi connectivity index (χ2n) is 6.83. The Bertz CT molecular complexity index is 977. The first kappa shape index (κ1) is 21.8. The minimum atomic E-state index is -0.610. The molecule has 3 rings (SSSR count). The third-order valence-electron chi connectivity index (χ3n) is 4.71. The van der Waals surface area contributed by atoms with Crippen LogP contribution in [0.3, 0.4) is 0 Å².